The van der Waals surface area contributed by atoms with E-state index in [1.165, 1.54) is 0 Å². The summed E-state index contributed by atoms with van der Waals surface area (Å²) in [4.78, 5) is 10.4. The highest BCUT2D eigenvalue weighted by Crippen LogP contribution is 2.15. The normalized spacial score (nSPS) is 12.1. The van der Waals surface area contributed by atoms with Crippen molar-refractivity contribution in [2.75, 3.05) is 6.61 Å². The maximum absolute atomic E-state index is 10.4. The largest absolute Gasteiger partial charge is 0.465 e. The molecule has 0 radical (unpaired) electrons. The van der Waals surface area contributed by atoms with E-state index in [4.69, 9.17) is 21.8 Å². The van der Waals surface area contributed by atoms with Crippen LogP contribution in [0.3, 0.4) is 0 Å². The highest BCUT2D eigenvalue weighted by molar-refractivity contribution is 6.30. The minimum Gasteiger partial charge on any atom is -0.465 e. The first-order valence-electron chi connectivity index (χ1n) is 3.99. The molecule has 3 N–H and O–H groups in total. The van der Waals surface area contributed by atoms with E-state index in [0.29, 0.717) is 10.6 Å². The zero-order valence-corrected chi connectivity index (χ0v) is 8.03. The van der Waals surface area contributed by atoms with Crippen LogP contribution in [0.4, 0.5) is 4.79 Å². The van der Waals surface area contributed by atoms with Crippen molar-refractivity contribution in [1.82, 2.24) is 5.32 Å². The maximum atomic E-state index is 10.4. The van der Waals surface area contributed by atoms with E-state index in [1.807, 2.05) is 0 Å². The Bertz CT molecular complexity index is 312. The Morgan fingerprint density at radius 2 is 2.00 bits per heavy atom. The van der Waals surface area contributed by atoms with E-state index in [2.05, 4.69) is 5.32 Å². The van der Waals surface area contributed by atoms with Crippen LogP contribution in [0.1, 0.15) is 11.6 Å². The van der Waals surface area contributed by atoms with Gasteiger partial charge in [-0.25, -0.2) is 4.79 Å². The molecule has 0 aliphatic carbocycles. The van der Waals surface area contributed by atoms with Gasteiger partial charge in [0.1, 0.15) is 0 Å². The quantitative estimate of drug-likeness (QED) is 0.718. The Hall–Kier alpha value is -1.26. The summed E-state index contributed by atoms with van der Waals surface area (Å²) in [7, 11) is 0. The van der Waals surface area contributed by atoms with E-state index in [-0.39, 0.29) is 6.61 Å². The van der Waals surface area contributed by atoms with Gasteiger partial charge in [0.15, 0.2) is 0 Å². The summed E-state index contributed by atoms with van der Waals surface area (Å²) in [6, 6.07) is 6.01. The minimum atomic E-state index is -1.17. The Morgan fingerprint density at radius 1 is 1.43 bits per heavy atom. The van der Waals surface area contributed by atoms with Crippen LogP contribution in [-0.2, 0) is 0 Å². The standard InChI is InChI=1S/C9H10ClNO3/c10-7-3-1-6(2-4-7)8(5-12)11-9(13)14/h1-4,8,11-12H,5H2,(H,13,14)/t8-/m0/s1. The van der Waals surface area contributed by atoms with Gasteiger partial charge >= 0.3 is 6.09 Å². The van der Waals surface area contributed by atoms with Crippen LogP contribution >= 0.6 is 11.6 Å². The van der Waals surface area contributed by atoms with Gasteiger partial charge in [-0.05, 0) is 17.7 Å². The van der Waals surface area contributed by atoms with Gasteiger partial charge < -0.3 is 15.5 Å². The first kappa shape index (κ1) is 10.8. The number of hydrogen-bond acceptors (Lipinski definition) is 2. The summed E-state index contributed by atoms with van der Waals surface area (Å²) in [5.41, 5.74) is 0.680. The third-order valence-electron chi connectivity index (χ3n) is 1.75. The molecule has 1 aromatic carbocycles. The molecule has 0 spiro atoms. The predicted octanol–water partition coefficient (Wildman–Crippen LogP) is 1.64. The molecular formula is C9H10ClNO3. The number of carbonyl (C=O) groups is 1. The van der Waals surface area contributed by atoms with Crippen molar-refractivity contribution in [2.45, 2.75) is 6.04 Å². The summed E-state index contributed by atoms with van der Waals surface area (Å²) in [5.74, 6) is 0. The van der Waals surface area contributed by atoms with E-state index >= 15 is 0 Å². The molecule has 5 heteroatoms. The fourth-order valence-electron chi connectivity index (χ4n) is 1.08. The van der Waals surface area contributed by atoms with Crippen molar-refractivity contribution in [2.24, 2.45) is 0 Å². The predicted molar refractivity (Wildman–Crippen MR) is 52.4 cm³/mol. The molecule has 0 fully saturated rings. The van der Waals surface area contributed by atoms with Crippen LogP contribution in [0.25, 0.3) is 0 Å². The third kappa shape index (κ3) is 2.90. The SMILES string of the molecule is O=C(O)N[C@@H](CO)c1ccc(Cl)cc1. The number of aliphatic hydroxyl groups is 1. The lowest BCUT2D eigenvalue weighted by Crippen LogP contribution is -2.29. The van der Waals surface area contributed by atoms with E-state index in [9.17, 15) is 4.79 Å². The molecule has 4 nitrogen and oxygen atoms in total. The van der Waals surface area contributed by atoms with Gasteiger partial charge in [-0.15, -0.1) is 0 Å². The molecule has 14 heavy (non-hydrogen) atoms. The minimum absolute atomic E-state index is 0.284. The van der Waals surface area contributed by atoms with Crippen LogP contribution in [-0.4, -0.2) is 22.9 Å². The number of carboxylic acid groups (broad SMARTS) is 1. The summed E-state index contributed by atoms with van der Waals surface area (Å²) in [6.45, 7) is -0.284. The highest BCUT2D eigenvalue weighted by Gasteiger charge is 2.11. The molecule has 0 aromatic heterocycles. The second-order valence-corrected chi connectivity index (χ2v) is 3.17. The second-order valence-electron chi connectivity index (χ2n) is 2.74. The average molecular weight is 216 g/mol. The van der Waals surface area contributed by atoms with Gasteiger partial charge in [0, 0.05) is 5.02 Å². The number of nitrogens with one attached hydrogen (secondary N) is 1. The van der Waals surface area contributed by atoms with Gasteiger partial charge in [-0.1, -0.05) is 23.7 Å². The van der Waals surface area contributed by atoms with Gasteiger partial charge in [-0.2, -0.15) is 0 Å². The lowest BCUT2D eigenvalue weighted by molar-refractivity contribution is 0.177. The van der Waals surface area contributed by atoms with Crippen molar-refractivity contribution in [3.8, 4) is 0 Å². The van der Waals surface area contributed by atoms with Gasteiger partial charge in [0.05, 0.1) is 12.6 Å². The molecule has 1 amide bonds. The summed E-state index contributed by atoms with van der Waals surface area (Å²) in [6.07, 6.45) is -1.17. The fourth-order valence-corrected chi connectivity index (χ4v) is 1.20. The molecule has 1 atom stereocenters. The average Bonchev–Trinajstić information content (AvgIpc) is 2.15. The van der Waals surface area contributed by atoms with E-state index in [0.717, 1.165) is 0 Å². The van der Waals surface area contributed by atoms with Crippen molar-refractivity contribution >= 4 is 17.7 Å². The zero-order valence-electron chi connectivity index (χ0n) is 7.27. The van der Waals surface area contributed by atoms with Gasteiger partial charge in [0.25, 0.3) is 0 Å². The molecule has 0 aliphatic heterocycles. The van der Waals surface area contributed by atoms with Crippen molar-refractivity contribution in [3.63, 3.8) is 0 Å². The summed E-state index contributed by atoms with van der Waals surface area (Å²) < 4.78 is 0. The van der Waals surface area contributed by atoms with Crippen LogP contribution in [0, 0.1) is 0 Å². The molecule has 0 unspecified atom stereocenters. The van der Waals surface area contributed by atoms with Gasteiger partial charge in [0.2, 0.25) is 0 Å². The Labute approximate surface area is 86.1 Å². The Balaban J connectivity index is 2.78. The first-order valence-corrected chi connectivity index (χ1v) is 4.37. The molecule has 76 valence electrons. The van der Waals surface area contributed by atoms with Crippen molar-refractivity contribution in [1.29, 1.82) is 0 Å². The molecule has 0 saturated heterocycles. The highest BCUT2D eigenvalue weighted by atomic mass is 35.5. The maximum Gasteiger partial charge on any atom is 0.405 e. The Morgan fingerprint density at radius 3 is 2.43 bits per heavy atom. The topological polar surface area (TPSA) is 69.6 Å². The smallest absolute Gasteiger partial charge is 0.405 e. The number of rotatable bonds is 3. The molecular weight excluding hydrogens is 206 g/mol. The lowest BCUT2D eigenvalue weighted by atomic mass is 10.1. The molecule has 1 rings (SSSR count). The summed E-state index contributed by atoms with van der Waals surface area (Å²) in [5, 5.41) is 20.2. The van der Waals surface area contributed by atoms with Crippen molar-refractivity contribution < 1.29 is 15.0 Å². The number of benzene rings is 1. The number of hydrogen-bond donors (Lipinski definition) is 3. The van der Waals surface area contributed by atoms with Crippen LogP contribution in [0.5, 0.6) is 0 Å². The van der Waals surface area contributed by atoms with E-state index < -0.39 is 12.1 Å². The number of halogens is 1. The lowest BCUT2D eigenvalue weighted by Gasteiger charge is -2.14. The van der Waals surface area contributed by atoms with Crippen LogP contribution in [0.2, 0.25) is 5.02 Å². The zero-order chi connectivity index (χ0) is 10.6. The molecule has 0 bridgehead atoms. The monoisotopic (exact) mass is 215 g/mol. The fraction of sp³-hybridized carbons (Fsp3) is 0.222. The molecule has 0 saturated carbocycles. The summed E-state index contributed by atoms with van der Waals surface area (Å²) >= 11 is 5.67. The first-order chi connectivity index (χ1) is 6.63. The van der Waals surface area contributed by atoms with Crippen molar-refractivity contribution in [3.05, 3.63) is 34.9 Å². The third-order valence-corrected chi connectivity index (χ3v) is 2.00. The molecule has 0 aliphatic rings. The second kappa shape index (κ2) is 4.83. The van der Waals surface area contributed by atoms with Gasteiger partial charge in [-0.3, -0.25) is 0 Å². The molecule has 1 aromatic rings. The number of amides is 1. The van der Waals surface area contributed by atoms with E-state index in [1.54, 1.807) is 24.3 Å². The van der Waals surface area contributed by atoms with Crippen LogP contribution in [0.15, 0.2) is 24.3 Å². The number of aliphatic hydroxyl groups excluding tert-OH is 1. The Kier molecular flexibility index (Phi) is 3.73. The molecule has 0 heterocycles. The van der Waals surface area contributed by atoms with Crippen LogP contribution < -0.4 is 5.32 Å².